The van der Waals surface area contributed by atoms with Crippen molar-refractivity contribution in [2.24, 2.45) is 0 Å². The molecule has 0 radical (unpaired) electrons. The Morgan fingerprint density at radius 3 is 2.67 bits per heavy atom. The normalized spacial score (nSPS) is 12.2. The molecular formula is C15H17N3O3S3. The Hall–Kier alpha value is -1.58. The average molecular weight is 384 g/mol. The van der Waals surface area contributed by atoms with Crippen molar-refractivity contribution in [3.63, 3.8) is 0 Å². The molecule has 0 unspecified atom stereocenters. The maximum Gasteiger partial charge on any atom is 0.267 e. The van der Waals surface area contributed by atoms with E-state index in [0.717, 1.165) is 14.6 Å². The summed E-state index contributed by atoms with van der Waals surface area (Å²) in [5, 5.41) is 4.15. The van der Waals surface area contributed by atoms with Gasteiger partial charge in [0.15, 0.2) is 15.0 Å². The van der Waals surface area contributed by atoms with Crippen molar-refractivity contribution in [2.75, 3.05) is 4.72 Å². The van der Waals surface area contributed by atoms with Gasteiger partial charge in [-0.15, -0.1) is 11.3 Å². The largest absolute Gasteiger partial charge is 0.360 e. The lowest BCUT2D eigenvalue weighted by Gasteiger charge is -2.07. The highest BCUT2D eigenvalue weighted by molar-refractivity contribution is 8.01. The minimum Gasteiger partial charge on any atom is -0.360 e. The molecule has 24 heavy (non-hydrogen) atoms. The fourth-order valence-electron chi connectivity index (χ4n) is 2.28. The highest BCUT2D eigenvalue weighted by atomic mass is 32.2. The zero-order valence-corrected chi connectivity index (χ0v) is 16.1. The molecule has 0 saturated heterocycles. The van der Waals surface area contributed by atoms with Crippen molar-refractivity contribution in [2.45, 2.75) is 42.2 Å². The lowest BCUT2D eigenvalue weighted by atomic mass is 10.3. The monoisotopic (exact) mass is 383 g/mol. The molecule has 0 spiro atoms. The van der Waals surface area contributed by atoms with Crippen LogP contribution in [0.5, 0.6) is 0 Å². The summed E-state index contributed by atoms with van der Waals surface area (Å²) in [5.41, 5.74) is 1.70. The Labute approximate surface area is 148 Å². The summed E-state index contributed by atoms with van der Waals surface area (Å²) in [6.45, 7) is 7.41. The number of hydrogen-bond acceptors (Lipinski definition) is 7. The van der Waals surface area contributed by atoms with E-state index in [9.17, 15) is 8.42 Å². The first kappa shape index (κ1) is 17.2. The van der Waals surface area contributed by atoms with Gasteiger partial charge in [0.2, 0.25) is 0 Å². The van der Waals surface area contributed by atoms with Crippen molar-refractivity contribution in [1.82, 2.24) is 10.1 Å². The number of thioether (sulfide) groups is 1. The molecule has 3 rings (SSSR count). The van der Waals surface area contributed by atoms with Crippen LogP contribution in [-0.2, 0) is 10.0 Å². The van der Waals surface area contributed by atoms with E-state index in [1.165, 1.54) is 0 Å². The van der Waals surface area contributed by atoms with Gasteiger partial charge in [0.1, 0.15) is 5.69 Å². The number of rotatable bonds is 5. The molecular weight excluding hydrogens is 366 g/mol. The zero-order chi connectivity index (χ0) is 17.5. The second-order valence-electron chi connectivity index (χ2n) is 5.59. The van der Waals surface area contributed by atoms with Gasteiger partial charge in [0.05, 0.1) is 15.9 Å². The van der Waals surface area contributed by atoms with Gasteiger partial charge in [-0.05, 0) is 32.0 Å². The van der Waals surface area contributed by atoms with E-state index >= 15 is 0 Å². The number of benzene rings is 1. The van der Waals surface area contributed by atoms with Gasteiger partial charge in [-0.3, -0.25) is 4.72 Å². The van der Waals surface area contributed by atoms with E-state index in [1.54, 1.807) is 49.1 Å². The summed E-state index contributed by atoms with van der Waals surface area (Å²) in [7, 11) is -3.74. The number of aryl methyl sites for hydroxylation is 2. The molecule has 0 fully saturated rings. The fraction of sp³-hybridized carbons (Fsp3) is 0.333. The first-order valence-corrected chi connectivity index (χ1v) is 10.5. The molecule has 2 heterocycles. The number of aromatic nitrogens is 2. The number of nitrogens with zero attached hydrogens (tertiary/aromatic N) is 2. The van der Waals surface area contributed by atoms with Crippen LogP contribution in [-0.4, -0.2) is 23.8 Å². The van der Waals surface area contributed by atoms with Crippen LogP contribution in [0.4, 0.5) is 5.69 Å². The van der Waals surface area contributed by atoms with Gasteiger partial charge in [0.25, 0.3) is 10.0 Å². The number of nitrogens with one attached hydrogen (secondary N) is 1. The van der Waals surface area contributed by atoms with Crippen LogP contribution in [0.15, 0.2) is 32.0 Å². The second kappa shape index (κ2) is 6.38. The molecule has 1 N–H and O–H groups in total. The van der Waals surface area contributed by atoms with Gasteiger partial charge < -0.3 is 4.52 Å². The summed E-state index contributed by atoms with van der Waals surface area (Å²) in [5.74, 6) is 0.273. The number of sulfonamides is 1. The standard InChI is InChI=1S/C15H17N3O3S3/c1-8(2)22-15-16-12-6-5-11(7-13(12)23-15)18-24(19,20)14-9(3)17-21-10(14)4/h5-8,18H,1-4H3. The van der Waals surface area contributed by atoms with E-state index in [-0.39, 0.29) is 10.7 Å². The summed E-state index contributed by atoms with van der Waals surface area (Å²) < 4.78 is 34.6. The molecule has 128 valence electrons. The predicted octanol–water partition coefficient (Wildman–Crippen LogP) is 4.20. The lowest BCUT2D eigenvalue weighted by Crippen LogP contribution is -2.14. The van der Waals surface area contributed by atoms with Crippen LogP contribution in [0.2, 0.25) is 0 Å². The quantitative estimate of drug-likeness (QED) is 0.665. The Morgan fingerprint density at radius 1 is 1.29 bits per heavy atom. The first-order valence-electron chi connectivity index (χ1n) is 7.29. The van der Waals surface area contributed by atoms with E-state index in [4.69, 9.17) is 4.52 Å². The molecule has 0 aliphatic carbocycles. The average Bonchev–Trinajstić information content (AvgIpc) is 3.00. The highest BCUT2D eigenvalue weighted by Gasteiger charge is 2.24. The van der Waals surface area contributed by atoms with Gasteiger partial charge in [-0.2, -0.15) is 0 Å². The molecule has 1 aromatic carbocycles. The third-order valence-electron chi connectivity index (χ3n) is 3.19. The van der Waals surface area contributed by atoms with Gasteiger partial charge in [0, 0.05) is 5.25 Å². The van der Waals surface area contributed by atoms with Crippen LogP contribution >= 0.6 is 23.1 Å². The van der Waals surface area contributed by atoms with Gasteiger partial charge in [-0.25, -0.2) is 13.4 Å². The summed E-state index contributed by atoms with van der Waals surface area (Å²) in [6.07, 6.45) is 0. The maximum atomic E-state index is 12.6. The van der Waals surface area contributed by atoms with E-state index in [0.29, 0.717) is 16.6 Å². The first-order chi connectivity index (χ1) is 11.3. The molecule has 9 heteroatoms. The number of thiazole rings is 1. The molecule has 0 bridgehead atoms. The molecule has 0 saturated carbocycles. The van der Waals surface area contributed by atoms with Crippen molar-refractivity contribution in [3.8, 4) is 0 Å². The Kier molecular flexibility index (Phi) is 4.58. The highest BCUT2D eigenvalue weighted by Crippen LogP contribution is 2.33. The summed E-state index contributed by atoms with van der Waals surface area (Å²) >= 11 is 3.25. The van der Waals surface area contributed by atoms with Crippen molar-refractivity contribution in [1.29, 1.82) is 0 Å². The van der Waals surface area contributed by atoms with Gasteiger partial charge >= 0.3 is 0 Å². The topological polar surface area (TPSA) is 85.1 Å². The Morgan fingerprint density at radius 2 is 2.04 bits per heavy atom. The maximum absolute atomic E-state index is 12.6. The molecule has 0 amide bonds. The third-order valence-corrected chi connectivity index (χ3v) is 6.93. The minimum atomic E-state index is -3.74. The summed E-state index contributed by atoms with van der Waals surface area (Å²) in [4.78, 5) is 4.63. The number of hydrogen-bond donors (Lipinski definition) is 1. The molecule has 2 aromatic heterocycles. The molecule has 3 aromatic rings. The Balaban J connectivity index is 1.92. The van der Waals surface area contributed by atoms with Gasteiger partial charge in [-0.1, -0.05) is 30.8 Å². The van der Waals surface area contributed by atoms with Crippen LogP contribution in [0.1, 0.15) is 25.3 Å². The molecule has 0 atom stereocenters. The lowest BCUT2D eigenvalue weighted by molar-refractivity contribution is 0.390. The molecule has 0 aliphatic rings. The molecule has 0 aliphatic heterocycles. The van der Waals surface area contributed by atoms with Crippen molar-refractivity contribution in [3.05, 3.63) is 29.7 Å². The van der Waals surface area contributed by atoms with E-state index in [2.05, 4.69) is 28.7 Å². The second-order valence-corrected chi connectivity index (χ2v) is 10.1. The molecule has 6 nitrogen and oxygen atoms in total. The minimum absolute atomic E-state index is 0.0861. The fourth-order valence-corrected chi connectivity index (χ4v) is 5.99. The SMILES string of the molecule is Cc1noc(C)c1S(=O)(=O)Nc1ccc2nc(SC(C)C)sc2c1. The van der Waals surface area contributed by atoms with Crippen LogP contribution in [0, 0.1) is 13.8 Å². The predicted molar refractivity (Wildman–Crippen MR) is 97.4 cm³/mol. The van der Waals surface area contributed by atoms with Crippen LogP contribution in [0.3, 0.4) is 0 Å². The van der Waals surface area contributed by atoms with Crippen molar-refractivity contribution >= 4 is 49.0 Å². The summed E-state index contributed by atoms with van der Waals surface area (Å²) in [6, 6.07) is 5.33. The van der Waals surface area contributed by atoms with Crippen molar-refractivity contribution < 1.29 is 12.9 Å². The van der Waals surface area contributed by atoms with E-state index < -0.39 is 10.0 Å². The van der Waals surface area contributed by atoms with Crippen LogP contribution < -0.4 is 4.72 Å². The smallest absolute Gasteiger partial charge is 0.267 e. The third kappa shape index (κ3) is 3.42. The van der Waals surface area contributed by atoms with E-state index in [1.807, 2.05) is 6.07 Å². The zero-order valence-electron chi connectivity index (χ0n) is 13.7. The van der Waals surface area contributed by atoms with Crippen LogP contribution in [0.25, 0.3) is 10.2 Å². The Bertz CT molecular complexity index is 970. The number of anilines is 1. The number of fused-ring (bicyclic) bond motifs is 1.